The molecule has 0 radical (unpaired) electrons. The summed E-state index contributed by atoms with van der Waals surface area (Å²) < 4.78 is 88.7. The molecule has 1 unspecified atom stereocenters. The highest BCUT2D eigenvalue weighted by atomic mass is 79.9. The number of carboxylic acid groups (broad SMARTS) is 1. The van der Waals surface area contributed by atoms with E-state index in [2.05, 4.69) is 31.9 Å². The number of carbonyl (C=O) groups is 1. The molecule has 0 fully saturated rings. The zero-order chi connectivity index (χ0) is 22.9. The third-order valence-corrected chi connectivity index (χ3v) is 5.12. The van der Waals surface area contributed by atoms with Gasteiger partial charge in [0.05, 0.1) is 4.47 Å². The molecule has 0 aliphatic carbocycles. The molecule has 30 heavy (non-hydrogen) atoms. The van der Waals surface area contributed by atoms with E-state index in [1.807, 2.05) is 0 Å². The first-order valence-electron chi connectivity index (χ1n) is 8.05. The van der Waals surface area contributed by atoms with Gasteiger partial charge in [0, 0.05) is 16.5 Å². The molecule has 0 heterocycles. The summed E-state index contributed by atoms with van der Waals surface area (Å²) in [6, 6.07) is 5.32. The van der Waals surface area contributed by atoms with Crippen LogP contribution >= 0.6 is 31.9 Å². The Morgan fingerprint density at radius 1 is 1.03 bits per heavy atom. The topological polar surface area (TPSA) is 72.5 Å². The summed E-state index contributed by atoms with van der Waals surface area (Å²) in [5.41, 5.74) is -0.725. The molecule has 0 aliphatic heterocycles. The Kier molecular flexibility index (Phi) is 7.14. The smallest absolute Gasteiger partial charge is 0.442 e. The van der Waals surface area contributed by atoms with Crippen molar-refractivity contribution >= 4 is 37.8 Å². The quantitative estimate of drug-likeness (QED) is 0.450. The SMILES string of the molecule is NC(Cc1cc(Br)cc(Br)c1OC(c1ccccc1)(C(F)(F)F)C(F)(F)F)C(=O)O. The molecule has 2 rings (SSSR count). The summed E-state index contributed by atoms with van der Waals surface area (Å²) in [5.74, 6) is -2.31. The van der Waals surface area contributed by atoms with Gasteiger partial charge in [0.1, 0.15) is 11.8 Å². The van der Waals surface area contributed by atoms with Crippen LogP contribution in [0.4, 0.5) is 26.3 Å². The lowest BCUT2D eigenvalue weighted by molar-refractivity contribution is -0.365. The summed E-state index contributed by atoms with van der Waals surface area (Å²) in [6.45, 7) is 0. The second-order valence-electron chi connectivity index (χ2n) is 6.17. The molecular formula is C18H13Br2F6NO3. The standard InChI is InChI=1S/C18H13Br2F6NO3/c19-11-6-9(7-13(27)15(28)29)14(12(20)8-11)30-16(17(21,22)23,18(24,25)26)10-4-2-1-3-5-10/h1-6,8,13H,7,27H2,(H,28,29). The van der Waals surface area contributed by atoms with Crippen LogP contribution in [-0.4, -0.2) is 29.5 Å². The second-order valence-corrected chi connectivity index (χ2v) is 7.94. The van der Waals surface area contributed by atoms with Crippen molar-refractivity contribution in [3.8, 4) is 5.75 Å². The van der Waals surface area contributed by atoms with Gasteiger partial charge in [-0.2, -0.15) is 26.3 Å². The van der Waals surface area contributed by atoms with Gasteiger partial charge in [-0.1, -0.05) is 46.3 Å². The minimum atomic E-state index is -5.91. The van der Waals surface area contributed by atoms with Crippen LogP contribution in [0.1, 0.15) is 11.1 Å². The first-order chi connectivity index (χ1) is 13.7. The fourth-order valence-corrected chi connectivity index (χ4v) is 4.09. The van der Waals surface area contributed by atoms with Gasteiger partial charge in [0.15, 0.2) is 0 Å². The molecule has 2 aromatic rings. The average molecular weight is 565 g/mol. The summed E-state index contributed by atoms with van der Waals surface area (Å²) in [6.07, 6.45) is -12.4. The van der Waals surface area contributed by atoms with Crippen LogP contribution in [0, 0.1) is 0 Å². The van der Waals surface area contributed by atoms with E-state index in [4.69, 9.17) is 15.6 Å². The monoisotopic (exact) mass is 563 g/mol. The van der Waals surface area contributed by atoms with E-state index in [0.29, 0.717) is 12.1 Å². The number of aliphatic carboxylic acids is 1. The van der Waals surface area contributed by atoms with Crippen molar-refractivity contribution < 1.29 is 41.0 Å². The van der Waals surface area contributed by atoms with Crippen molar-refractivity contribution in [2.45, 2.75) is 30.4 Å². The summed E-state index contributed by atoms with van der Waals surface area (Å²) >= 11 is 5.97. The van der Waals surface area contributed by atoms with E-state index in [0.717, 1.165) is 18.2 Å². The van der Waals surface area contributed by atoms with E-state index >= 15 is 0 Å². The lowest BCUT2D eigenvalue weighted by Gasteiger charge is -2.38. The van der Waals surface area contributed by atoms with Crippen LogP contribution in [0.5, 0.6) is 5.75 Å². The number of nitrogens with two attached hydrogens (primary N) is 1. The third kappa shape index (κ3) is 4.75. The van der Waals surface area contributed by atoms with Crippen molar-refractivity contribution in [1.82, 2.24) is 0 Å². The largest absolute Gasteiger partial charge is 0.480 e. The highest BCUT2D eigenvalue weighted by molar-refractivity contribution is 9.11. The van der Waals surface area contributed by atoms with Crippen molar-refractivity contribution in [2.24, 2.45) is 5.73 Å². The molecule has 0 aliphatic rings. The van der Waals surface area contributed by atoms with Gasteiger partial charge < -0.3 is 15.6 Å². The van der Waals surface area contributed by atoms with Gasteiger partial charge in [-0.25, -0.2) is 0 Å². The molecule has 3 N–H and O–H groups in total. The Balaban J connectivity index is 2.77. The molecule has 0 spiro atoms. The van der Waals surface area contributed by atoms with Crippen molar-refractivity contribution in [2.75, 3.05) is 0 Å². The Hall–Kier alpha value is -1.79. The Morgan fingerprint density at radius 3 is 2.03 bits per heavy atom. The van der Waals surface area contributed by atoms with E-state index in [1.165, 1.54) is 12.1 Å². The molecule has 0 saturated carbocycles. The number of ether oxygens (including phenoxy) is 1. The van der Waals surface area contributed by atoms with E-state index < -0.39 is 47.7 Å². The predicted octanol–water partition coefficient (Wildman–Crippen LogP) is 5.56. The van der Waals surface area contributed by atoms with Crippen LogP contribution in [0.3, 0.4) is 0 Å². The number of carboxylic acids is 1. The highest BCUT2D eigenvalue weighted by Crippen LogP contribution is 2.54. The summed E-state index contributed by atoms with van der Waals surface area (Å²) in [5, 5.41) is 8.99. The number of hydrogen-bond donors (Lipinski definition) is 2. The molecule has 0 saturated heterocycles. The van der Waals surface area contributed by atoms with E-state index in [9.17, 15) is 31.1 Å². The van der Waals surface area contributed by atoms with Crippen LogP contribution in [0.25, 0.3) is 0 Å². The maximum absolute atomic E-state index is 14.0. The van der Waals surface area contributed by atoms with Crippen LogP contribution in [0.2, 0.25) is 0 Å². The minimum absolute atomic E-state index is 0.252. The normalized spacial score (nSPS) is 13.8. The molecule has 1 atom stereocenters. The van der Waals surface area contributed by atoms with Gasteiger partial charge in [-0.05, 0) is 33.6 Å². The molecule has 2 aromatic carbocycles. The van der Waals surface area contributed by atoms with E-state index in [-0.39, 0.29) is 14.5 Å². The minimum Gasteiger partial charge on any atom is -0.480 e. The summed E-state index contributed by atoms with van der Waals surface area (Å²) in [7, 11) is 0. The number of halogens is 8. The fraction of sp³-hybridized carbons (Fsp3) is 0.278. The van der Waals surface area contributed by atoms with Gasteiger partial charge in [-0.15, -0.1) is 0 Å². The molecule has 0 bridgehead atoms. The lowest BCUT2D eigenvalue weighted by atomic mass is 9.91. The van der Waals surface area contributed by atoms with Crippen LogP contribution in [0.15, 0.2) is 51.4 Å². The fourth-order valence-electron chi connectivity index (χ4n) is 2.69. The van der Waals surface area contributed by atoms with Crippen LogP contribution < -0.4 is 10.5 Å². The molecule has 4 nitrogen and oxygen atoms in total. The Labute approximate surface area is 183 Å². The maximum Gasteiger partial charge on any atom is 0.442 e. The highest BCUT2D eigenvalue weighted by Gasteiger charge is 2.75. The predicted molar refractivity (Wildman–Crippen MR) is 102 cm³/mol. The van der Waals surface area contributed by atoms with Gasteiger partial charge in [0.25, 0.3) is 0 Å². The molecule has 0 amide bonds. The zero-order valence-corrected chi connectivity index (χ0v) is 17.9. The Morgan fingerprint density at radius 2 is 1.57 bits per heavy atom. The van der Waals surface area contributed by atoms with E-state index in [1.54, 1.807) is 0 Å². The first-order valence-corrected chi connectivity index (χ1v) is 9.63. The van der Waals surface area contributed by atoms with Crippen molar-refractivity contribution in [3.05, 3.63) is 62.5 Å². The average Bonchev–Trinajstić information content (AvgIpc) is 2.59. The van der Waals surface area contributed by atoms with Crippen LogP contribution in [-0.2, 0) is 16.8 Å². The molecule has 164 valence electrons. The number of benzene rings is 2. The molecule has 0 aromatic heterocycles. The second kappa shape index (κ2) is 8.75. The van der Waals surface area contributed by atoms with Gasteiger partial charge >= 0.3 is 23.9 Å². The molecular weight excluding hydrogens is 552 g/mol. The first kappa shape index (κ1) is 24.5. The summed E-state index contributed by atoms with van der Waals surface area (Å²) in [4.78, 5) is 11.1. The maximum atomic E-state index is 14.0. The lowest BCUT2D eigenvalue weighted by Crippen LogP contribution is -2.58. The number of hydrogen-bond acceptors (Lipinski definition) is 3. The zero-order valence-electron chi connectivity index (χ0n) is 14.7. The van der Waals surface area contributed by atoms with Gasteiger partial charge in [-0.3, -0.25) is 4.79 Å². The van der Waals surface area contributed by atoms with Crippen molar-refractivity contribution in [1.29, 1.82) is 0 Å². The number of rotatable bonds is 6. The number of alkyl halides is 6. The van der Waals surface area contributed by atoms with Gasteiger partial charge in [0.2, 0.25) is 0 Å². The Bertz CT molecular complexity index is 905. The third-order valence-electron chi connectivity index (χ3n) is 4.08. The molecule has 12 heteroatoms. The van der Waals surface area contributed by atoms with Crippen molar-refractivity contribution in [3.63, 3.8) is 0 Å².